The lowest BCUT2D eigenvalue weighted by atomic mass is 10.2. The first-order chi connectivity index (χ1) is 7.72. The maximum Gasteiger partial charge on any atom is 0.0897 e. The fourth-order valence-electron chi connectivity index (χ4n) is 1.57. The van der Waals surface area contributed by atoms with Gasteiger partial charge < -0.3 is 25.0 Å². The number of aliphatic hydroxyl groups excluding tert-OH is 2. The third-order valence-corrected chi connectivity index (χ3v) is 2.61. The first kappa shape index (κ1) is 13.9. The van der Waals surface area contributed by atoms with E-state index in [9.17, 15) is 5.11 Å². The summed E-state index contributed by atoms with van der Waals surface area (Å²) in [6, 6.07) is 0.00724. The Bertz CT molecular complexity index is 173. The summed E-state index contributed by atoms with van der Waals surface area (Å²) < 4.78 is 10.8. The van der Waals surface area contributed by atoms with E-state index < -0.39 is 6.10 Å². The smallest absolute Gasteiger partial charge is 0.0897 e. The third-order valence-electron chi connectivity index (χ3n) is 2.61. The Balaban J connectivity index is 1.94. The highest BCUT2D eigenvalue weighted by Gasteiger charge is 2.16. The van der Waals surface area contributed by atoms with Gasteiger partial charge in [0, 0.05) is 19.2 Å². The number of hydrogen-bond acceptors (Lipinski definition) is 5. The molecule has 16 heavy (non-hydrogen) atoms. The molecule has 0 aromatic rings. The molecule has 0 aromatic carbocycles. The van der Waals surface area contributed by atoms with Crippen LogP contribution in [0.3, 0.4) is 0 Å². The molecule has 3 atom stereocenters. The Morgan fingerprint density at radius 2 is 2.38 bits per heavy atom. The van der Waals surface area contributed by atoms with Crippen LogP contribution in [0.4, 0.5) is 0 Å². The van der Waals surface area contributed by atoms with Crippen LogP contribution < -0.4 is 5.32 Å². The molecule has 0 saturated carbocycles. The molecule has 1 saturated heterocycles. The fourth-order valence-corrected chi connectivity index (χ4v) is 1.57. The highest BCUT2D eigenvalue weighted by Crippen LogP contribution is 2.11. The van der Waals surface area contributed by atoms with Crippen LogP contribution >= 0.6 is 0 Å². The molecule has 1 rings (SSSR count). The second-order valence-corrected chi connectivity index (χ2v) is 4.32. The lowest BCUT2D eigenvalue weighted by Gasteiger charge is -2.16. The number of nitrogens with one attached hydrogen (secondary N) is 1. The number of ether oxygens (including phenoxy) is 2. The standard InChI is InChI=1S/C11H23NO4/c1-9(6-13)12-5-10(14)7-15-8-11-3-2-4-16-11/h9-14H,2-8H2,1H3. The van der Waals surface area contributed by atoms with Crippen LogP contribution in [0.2, 0.25) is 0 Å². The summed E-state index contributed by atoms with van der Waals surface area (Å²) in [5, 5.41) is 21.3. The Labute approximate surface area is 96.7 Å². The molecule has 3 unspecified atom stereocenters. The Hall–Kier alpha value is -0.200. The van der Waals surface area contributed by atoms with Gasteiger partial charge in [-0.2, -0.15) is 0 Å². The molecular formula is C11H23NO4. The lowest BCUT2D eigenvalue weighted by molar-refractivity contribution is -0.0171. The Morgan fingerprint density at radius 3 is 3.00 bits per heavy atom. The van der Waals surface area contributed by atoms with Gasteiger partial charge in [0.25, 0.3) is 0 Å². The molecule has 3 N–H and O–H groups in total. The molecule has 0 aromatic heterocycles. The molecule has 0 aliphatic carbocycles. The van der Waals surface area contributed by atoms with Gasteiger partial charge in [-0.05, 0) is 19.8 Å². The largest absolute Gasteiger partial charge is 0.395 e. The molecule has 5 nitrogen and oxygen atoms in total. The summed E-state index contributed by atoms with van der Waals surface area (Å²) in [5.41, 5.74) is 0. The van der Waals surface area contributed by atoms with Gasteiger partial charge >= 0.3 is 0 Å². The van der Waals surface area contributed by atoms with E-state index >= 15 is 0 Å². The average molecular weight is 233 g/mol. The number of hydrogen-bond donors (Lipinski definition) is 3. The topological polar surface area (TPSA) is 71.0 Å². The zero-order valence-corrected chi connectivity index (χ0v) is 9.89. The van der Waals surface area contributed by atoms with Crippen LogP contribution in [0.15, 0.2) is 0 Å². The molecule has 0 amide bonds. The maximum absolute atomic E-state index is 9.56. The van der Waals surface area contributed by atoms with Crippen molar-refractivity contribution in [2.75, 3.05) is 33.0 Å². The molecule has 1 heterocycles. The van der Waals surface area contributed by atoms with E-state index in [-0.39, 0.29) is 18.8 Å². The summed E-state index contributed by atoms with van der Waals surface area (Å²) in [5.74, 6) is 0. The van der Waals surface area contributed by atoms with Gasteiger partial charge in [0.05, 0.1) is 32.0 Å². The molecular weight excluding hydrogens is 210 g/mol. The summed E-state index contributed by atoms with van der Waals surface area (Å²) >= 11 is 0. The minimum atomic E-state index is -0.532. The first-order valence-corrected chi connectivity index (χ1v) is 5.94. The molecule has 1 fully saturated rings. The molecule has 0 spiro atoms. The van der Waals surface area contributed by atoms with Crippen molar-refractivity contribution >= 4 is 0 Å². The Kier molecular flexibility index (Phi) is 6.91. The van der Waals surface area contributed by atoms with Crippen LogP contribution in [-0.4, -0.2) is 61.4 Å². The van der Waals surface area contributed by atoms with E-state index in [0.29, 0.717) is 19.8 Å². The van der Waals surface area contributed by atoms with Crippen molar-refractivity contribution in [3.8, 4) is 0 Å². The molecule has 0 radical (unpaired) electrons. The molecule has 1 aliphatic heterocycles. The zero-order chi connectivity index (χ0) is 11.8. The van der Waals surface area contributed by atoms with Gasteiger partial charge in [0.2, 0.25) is 0 Å². The second kappa shape index (κ2) is 7.97. The zero-order valence-electron chi connectivity index (χ0n) is 9.89. The Morgan fingerprint density at radius 1 is 1.56 bits per heavy atom. The summed E-state index contributed by atoms with van der Waals surface area (Å²) in [6.45, 7) is 4.07. The maximum atomic E-state index is 9.56. The number of rotatable bonds is 8. The van der Waals surface area contributed by atoms with Crippen molar-refractivity contribution in [3.05, 3.63) is 0 Å². The summed E-state index contributed by atoms with van der Waals surface area (Å²) in [4.78, 5) is 0. The van der Waals surface area contributed by atoms with Gasteiger partial charge in [-0.1, -0.05) is 0 Å². The van der Waals surface area contributed by atoms with E-state index in [4.69, 9.17) is 14.6 Å². The molecule has 5 heteroatoms. The van der Waals surface area contributed by atoms with Gasteiger partial charge in [0.1, 0.15) is 0 Å². The van der Waals surface area contributed by atoms with E-state index in [1.807, 2.05) is 6.92 Å². The van der Waals surface area contributed by atoms with Crippen molar-refractivity contribution < 1.29 is 19.7 Å². The van der Waals surface area contributed by atoms with Gasteiger partial charge in [-0.25, -0.2) is 0 Å². The van der Waals surface area contributed by atoms with Crippen LogP contribution in [0.5, 0.6) is 0 Å². The van der Waals surface area contributed by atoms with E-state index in [2.05, 4.69) is 5.32 Å². The SMILES string of the molecule is CC(CO)NCC(O)COCC1CCCO1. The van der Waals surface area contributed by atoms with Crippen LogP contribution in [-0.2, 0) is 9.47 Å². The van der Waals surface area contributed by atoms with E-state index in [0.717, 1.165) is 19.4 Å². The second-order valence-electron chi connectivity index (χ2n) is 4.32. The normalized spacial score (nSPS) is 24.6. The quantitative estimate of drug-likeness (QED) is 0.528. The monoisotopic (exact) mass is 233 g/mol. The van der Waals surface area contributed by atoms with Crippen molar-refractivity contribution in [3.63, 3.8) is 0 Å². The average Bonchev–Trinajstić information content (AvgIpc) is 2.79. The van der Waals surface area contributed by atoms with Crippen molar-refractivity contribution in [2.45, 2.75) is 38.0 Å². The molecule has 96 valence electrons. The minimum absolute atomic E-state index is 0.00724. The summed E-state index contributed by atoms with van der Waals surface area (Å²) in [7, 11) is 0. The van der Waals surface area contributed by atoms with Crippen LogP contribution in [0.25, 0.3) is 0 Å². The third kappa shape index (κ3) is 5.77. The molecule has 1 aliphatic rings. The fraction of sp³-hybridized carbons (Fsp3) is 1.00. The summed E-state index contributed by atoms with van der Waals surface area (Å²) in [6.07, 6.45) is 1.83. The van der Waals surface area contributed by atoms with Gasteiger partial charge in [-0.15, -0.1) is 0 Å². The lowest BCUT2D eigenvalue weighted by Crippen LogP contribution is -2.38. The van der Waals surface area contributed by atoms with Gasteiger partial charge in [-0.3, -0.25) is 0 Å². The van der Waals surface area contributed by atoms with E-state index in [1.165, 1.54) is 0 Å². The van der Waals surface area contributed by atoms with Crippen molar-refractivity contribution in [1.82, 2.24) is 5.32 Å². The number of aliphatic hydroxyl groups is 2. The van der Waals surface area contributed by atoms with Crippen molar-refractivity contribution in [1.29, 1.82) is 0 Å². The van der Waals surface area contributed by atoms with E-state index in [1.54, 1.807) is 0 Å². The first-order valence-electron chi connectivity index (χ1n) is 5.94. The van der Waals surface area contributed by atoms with Crippen molar-refractivity contribution in [2.24, 2.45) is 0 Å². The minimum Gasteiger partial charge on any atom is -0.395 e. The van der Waals surface area contributed by atoms with Gasteiger partial charge in [0.15, 0.2) is 0 Å². The predicted octanol–water partition coefficient (Wildman–Crippen LogP) is -0.487. The van der Waals surface area contributed by atoms with Crippen LogP contribution in [0, 0.1) is 0 Å². The van der Waals surface area contributed by atoms with Crippen LogP contribution in [0.1, 0.15) is 19.8 Å². The highest BCUT2D eigenvalue weighted by atomic mass is 16.5. The predicted molar refractivity (Wildman–Crippen MR) is 60.4 cm³/mol. The molecule has 0 bridgehead atoms. The highest BCUT2D eigenvalue weighted by molar-refractivity contribution is 4.66.